The summed E-state index contributed by atoms with van der Waals surface area (Å²) >= 11 is 0. The van der Waals surface area contributed by atoms with Gasteiger partial charge in [-0.1, -0.05) is 0 Å². The van der Waals surface area contributed by atoms with Crippen LogP contribution in [-0.4, -0.2) is 55.4 Å². The van der Waals surface area contributed by atoms with E-state index in [9.17, 15) is 9.59 Å². The highest BCUT2D eigenvalue weighted by Crippen LogP contribution is 1.94. The first-order valence-corrected chi connectivity index (χ1v) is 4.96. The smallest absolute Gasteiger partial charge is 0.320 e. The van der Waals surface area contributed by atoms with E-state index in [0.29, 0.717) is 13.0 Å². The average molecular weight is 235 g/mol. The highest BCUT2D eigenvalue weighted by molar-refractivity contribution is 5.73. The van der Waals surface area contributed by atoms with E-state index in [0.717, 1.165) is 6.42 Å². The van der Waals surface area contributed by atoms with Crippen molar-refractivity contribution in [2.45, 2.75) is 18.9 Å². The number of carboxylic acid groups (broad SMARTS) is 2. The highest BCUT2D eigenvalue weighted by atomic mass is 16.4. The van der Waals surface area contributed by atoms with Crippen LogP contribution < -0.4 is 16.4 Å². The van der Waals surface area contributed by atoms with Gasteiger partial charge in [-0.3, -0.25) is 9.59 Å². The maximum absolute atomic E-state index is 10.3. The molecule has 0 rings (SSSR count). The molecule has 0 saturated heterocycles. The molecule has 0 bridgehead atoms. The number of nitrogens with two attached hydrogens (primary N) is 1. The quantitative estimate of drug-likeness (QED) is 0.371. The van der Waals surface area contributed by atoms with Gasteiger partial charge in [-0.25, -0.2) is 0 Å². The van der Waals surface area contributed by atoms with Crippen LogP contribution in [0.2, 0.25) is 0 Å². The van der Waals surface area contributed by atoms with Crippen molar-refractivity contribution in [2.24, 2.45) is 5.73 Å². The fourth-order valence-electron chi connectivity index (χ4n) is 0.864. The third kappa shape index (κ3) is 12.8. The molecule has 0 aromatic rings. The molecule has 0 aliphatic heterocycles. The fraction of sp³-hybridized carbons (Fsp3) is 0.778. The van der Waals surface area contributed by atoms with Crippen molar-refractivity contribution in [3.8, 4) is 0 Å². The number of aliphatic carboxylic acids is 2. The van der Waals surface area contributed by atoms with Gasteiger partial charge >= 0.3 is 11.9 Å². The molecule has 0 heterocycles. The highest BCUT2D eigenvalue weighted by Gasteiger charge is 2.12. The fourth-order valence-corrected chi connectivity index (χ4v) is 0.864. The minimum Gasteiger partial charge on any atom is -0.480 e. The molecule has 0 spiro atoms. The lowest BCUT2D eigenvalue weighted by Gasteiger charge is -2.08. The molecule has 0 radical (unpaired) electrons. The Bertz CT molecular complexity index is 199. The van der Waals surface area contributed by atoms with E-state index in [2.05, 4.69) is 10.6 Å². The monoisotopic (exact) mass is 235 g/mol. The Labute approximate surface area is 95.0 Å². The summed E-state index contributed by atoms with van der Waals surface area (Å²) in [7, 11) is 3.23. The number of nitrogens with one attached hydrogen (secondary N) is 2. The Balaban J connectivity index is 0. The van der Waals surface area contributed by atoms with Crippen LogP contribution >= 0.6 is 0 Å². The zero-order valence-electron chi connectivity index (χ0n) is 9.69. The minimum absolute atomic E-state index is 0.0417. The summed E-state index contributed by atoms with van der Waals surface area (Å²) < 4.78 is 0. The van der Waals surface area contributed by atoms with Crippen LogP contribution in [0.15, 0.2) is 0 Å². The normalized spacial score (nSPS) is 11.2. The molecule has 0 aliphatic carbocycles. The van der Waals surface area contributed by atoms with E-state index in [1.165, 1.54) is 0 Å². The summed E-state index contributed by atoms with van der Waals surface area (Å²) in [4.78, 5) is 19.9. The predicted octanol–water partition coefficient (Wildman–Crippen LogP) is -1.31. The van der Waals surface area contributed by atoms with Crippen molar-refractivity contribution in [3.05, 3.63) is 0 Å². The number of hydrogen-bond donors (Lipinski definition) is 5. The van der Waals surface area contributed by atoms with Gasteiger partial charge in [0.1, 0.15) is 6.04 Å². The first kappa shape index (κ1) is 17.2. The maximum Gasteiger partial charge on any atom is 0.320 e. The van der Waals surface area contributed by atoms with Gasteiger partial charge in [-0.05, 0) is 33.5 Å². The standard InChI is InChI=1S/C6H14N2O2.C3H7NO2/c1-8-5(6(9)10)3-2-4-7;1-4-2-3(5)6/h5,8H,2-4,7H2,1H3,(H,9,10);4H,2H2,1H3,(H,5,6)/t5-;/m1./s1. The van der Waals surface area contributed by atoms with Crippen molar-refractivity contribution in [1.29, 1.82) is 0 Å². The van der Waals surface area contributed by atoms with Gasteiger partial charge in [0.2, 0.25) is 0 Å². The van der Waals surface area contributed by atoms with Crippen molar-refractivity contribution >= 4 is 11.9 Å². The Morgan fingerprint density at radius 2 is 1.88 bits per heavy atom. The summed E-state index contributed by atoms with van der Waals surface area (Å²) in [6, 6.07) is -0.441. The number of carbonyl (C=O) groups is 2. The van der Waals surface area contributed by atoms with Gasteiger partial charge in [0, 0.05) is 0 Å². The predicted molar refractivity (Wildman–Crippen MR) is 60.3 cm³/mol. The SMILES string of the molecule is CNCC(=O)O.CN[C@H](CCCN)C(=O)O. The number of rotatable bonds is 7. The molecule has 96 valence electrons. The summed E-state index contributed by atoms with van der Waals surface area (Å²) in [5.41, 5.74) is 5.21. The zero-order valence-corrected chi connectivity index (χ0v) is 9.69. The molecule has 0 saturated carbocycles. The van der Waals surface area contributed by atoms with Crippen LogP contribution in [-0.2, 0) is 9.59 Å². The second-order valence-electron chi connectivity index (χ2n) is 3.03. The van der Waals surface area contributed by atoms with Gasteiger partial charge in [0.05, 0.1) is 6.54 Å². The summed E-state index contributed by atoms with van der Waals surface area (Å²) in [5, 5.41) is 21.5. The Morgan fingerprint density at radius 3 is 2.06 bits per heavy atom. The topological polar surface area (TPSA) is 125 Å². The van der Waals surface area contributed by atoms with Crippen molar-refractivity contribution < 1.29 is 19.8 Å². The molecule has 0 aromatic carbocycles. The number of likely N-dealkylation sites (N-methyl/N-ethyl adjacent to an activating group) is 2. The molecular weight excluding hydrogens is 214 g/mol. The first-order chi connectivity index (χ1) is 7.49. The third-order valence-corrected chi connectivity index (χ3v) is 1.67. The van der Waals surface area contributed by atoms with E-state index in [-0.39, 0.29) is 6.54 Å². The van der Waals surface area contributed by atoms with Gasteiger partial charge in [0.15, 0.2) is 0 Å². The van der Waals surface area contributed by atoms with Gasteiger partial charge in [-0.15, -0.1) is 0 Å². The van der Waals surface area contributed by atoms with Crippen molar-refractivity contribution in [1.82, 2.24) is 10.6 Å². The average Bonchev–Trinajstić information content (AvgIpc) is 2.19. The van der Waals surface area contributed by atoms with E-state index in [1.807, 2.05) is 0 Å². The lowest BCUT2D eigenvalue weighted by molar-refractivity contribution is -0.139. The van der Waals surface area contributed by atoms with Crippen molar-refractivity contribution in [2.75, 3.05) is 27.2 Å². The lowest BCUT2D eigenvalue weighted by atomic mass is 10.1. The van der Waals surface area contributed by atoms with Gasteiger partial charge in [0.25, 0.3) is 0 Å². The molecule has 0 unspecified atom stereocenters. The second-order valence-corrected chi connectivity index (χ2v) is 3.03. The molecular formula is C9H21N3O4. The molecule has 0 amide bonds. The van der Waals surface area contributed by atoms with E-state index >= 15 is 0 Å². The number of carboxylic acids is 2. The molecule has 1 atom stereocenters. The van der Waals surface area contributed by atoms with Crippen LogP contribution in [0.3, 0.4) is 0 Å². The van der Waals surface area contributed by atoms with E-state index in [1.54, 1.807) is 14.1 Å². The molecule has 16 heavy (non-hydrogen) atoms. The van der Waals surface area contributed by atoms with Crippen LogP contribution in [0.5, 0.6) is 0 Å². The summed E-state index contributed by atoms with van der Waals surface area (Å²) in [5.74, 6) is -1.63. The maximum atomic E-state index is 10.3. The first-order valence-electron chi connectivity index (χ1n) is 4.96. The molecule has 7 nitrogen and oxygen atoms in total. The van der Waals surface area contributed by atoms with Crippen LogP contribution in [0, 0.1) is 0 Å². The third-order valence-electron chi connectivity index (χ3n) is 1.67. The largest absolute Gasteiger partial charge is 0.480 e. The van der Waals surface area contributed by atoms with Gasteiger partial charge in [-0.2, -0.15) is 0 Å². The minimum atomic E-state index is -0.822. The zero-order chi connectivity index (χ0) is 13.0. The second kappa shape index (κ2) is 11.9. The summed E-state index contributed by atoms with van der Waals surface area (Å²) in [6.45, 7) is 0.589. The van der Waals surface area contributed by atoms with Crippen molar-refractivity contribution in [3.63, 3.8) is 0 Å². The number of hydrogen-bond acceptors (Lipinski definition) is 5. The van der Waals surface area contributed by atoms with E-state index in [4.69, 9.17) is 15.9 Å². The molecule has 0 fully saturated rings. The summed E-state index contributed by atoms with van der Waals surface area (Å²) in [6.07, 6.45) is 1.35. The Kier molecular flexibility index (Phi) is 12.8. The Morgan fingerprint density at radius 1 is 1.31 bits per heavy atom. The molecule has 0 aliphatic rings. The molecule has 7 heteroatoms. The lowest BCUT2D eigenvalue weighted by Crippen LogP contribution is -2.34. The van der Waals surface area contributed by atoms with Crippen LogP contribution in [0.1, 0.15) is 12.8 Å². The van der Waals surface area contributed by atoms with Gasteiger partial charge < -0.3 is 26.6 Å². The van der Waals surface area contributed by atoms with Crippen LogP contribution in [0.4, 0.5) is 0 Å². The Hall–Kier alpha value is -1.18. The molecule has 0 aromatic heterocycles. The van der Waals surface area contributed by atoms with Crippen LogP contribution in [0.25, 0.3) is 0 Å². The molecule has 6 N–H and O–H groups in total. The van der Waals surface area contributed by atoms with E-state index < -0.39 is 18.0 Å².